The van der Waals surface area contributed by atoms with Gasteiger partial charge in [0.25, 0.3) is 0 Å². The Labute approximate surface area is 287 Å². The molecule has 276 valence electrons. The Bertz CT molecular complexity index is 835. The molecule has 3 N–H and O–H groups in total. The first-order chi connectivity index (χ1) is 22.8. The van der Waals surface area contributed by atoms with Gasteiger partial charge in [0.1, 0.15) is 6.61 Å². The van der Waals surface area contributed by atoms with Crippen molar-refractivity contribution in [2.45, 2.75) is 174 Å². The van der Waals surface area contributed by atoms with Crippen molar-refractivity contribution in [1.29, 1.82) is 0 Å². The zero-order chi connectivity index (χ0) is 34.7. The van der Waals surface area contributed by atoms with E-state index in [4.69, 9.17) is 24.3 Å². The van der Waals surface area contributed by atoms with Gasteiger partial charge in [-0.15, -0.1) is 0 Å². The van der Waals surface area contributed by atoms with Gasteiger partial charge in [-0.3, -0.25) is 18.6 Å². The van der Waals surface area contributed by atoms with Gasteiger partial charge >= 0.3 is 19.8 Å². The average molecular weight is 688 g/mol. The molecule has 0 radical (unpaired) electrons. The monoisotopic (exact) mass is 687 g/mol. The van der Waals surface area contributed by atoms with Crippen LogP contribution in [0.15, 0.2) is 24.3 Å². The predicted octanol–water partition coefficient (Wildman–Crippen LogP) is 10.0. The minimum Gasteiger partial charge on any atom is -0.462 e. The summed E-state index contributed by atoms with van der Waals surface area (Å²) in [4.78, 5) is 34.6. The van der Waals surface area contributed by atoms with E-state index < -0.39 is 32.5 Å². The third-order valence-corrected chi connectivity index (χ3v) is 8.81. The fourth-order valence-electron chi connectivity index (χ4n) is 4.98. The van der Waals surface area contributed by atoms with Gasteiger partial charge in [0.2, 0.25) is 0 Å². The van der Waals surface area contributed by atoms with Gasteiger partial charge < -0.3 is 20.1 Å². The van der Waals surface area contributed by atoms with Crippen molar-refractivity contribution in [3.63, 3.8) is 0 Å². The first-order valence-electron chi connectivity index (χ1n) is 18.8. The molecule has 0 aromatic rings. The Balaban J connectivity index is 4.28. The molecule has 0 saturated carbocycles. The van der Waals surface area contributed by atoms with Crippen molar-refractivity contribution in [3.05, 3.63) is 24.3 Å². The summed E-state index contributed by atoms with van der Waals surface area (Å²) in [6.45, 7) is 3.63. The van der Waals surface area contributed by atoms with Gasteiger partial charge in [-0.1, -0.05) is 134 Å². The van der Waals surface area contributed by atoms with Crippen molar-refractivity contribution in [2.75, 3.05) is 26.4 Å². The number of carbonyl (C=O) groups is 2. The Hall–Kier alpha value is -1.51. The fourth-order valence-corrected chi connectivity index (χ4v) is 5.75. The topological polar surface area (TPSA) is 134 Å². The van der Waals surface area contributed by atoms with Crippen LogP contribution in [0.5, 0.6) is 0 Å². The summed E-state index contributed by atoms with van der Waals surface area (Å²) in [5, 5.41) is 0. The Morgan fingerprint density at radius 1 is 0.617 bits per heavy atom. The Morgan fingerprint density at radius 3 is 1.66 bits per heavy atom. The average Bonchev–Trinajstić information content (AvgIpc) is 3.05. The molecule has 0 aromatic heterocycles. The number of hydrogen-bond acceptors (Lipinski definition) is 8. The van der Waals surface area contributed by atoms with E-state index in [0.717, 1.165) is 57.8 Å². The molecule has 9 nitrogen and oxygen atoms in total. The van der Waals surface area contributed by atoms with E-state index in [1.807, 2.05) is 6.08 Å². The van der Waals surface area contributed by atoms with Gasteiger partial charge in [0.15, 0.2) is 6.10 Å². The second-order valence-electron chi connectivity index (χ2n) is 12.4. The minimum atomic E-state index is -4.38. The van der Waals surface area contributed by atoms with E-state index in [1.165, 1.54) is 77.0 Å². The zero-order valence-corrected chi connectivity index (χ0v) is 30.9. The number of rotatable bonds is 35. The lowest BCUT2D eigenvalue weighted by Crippen LogP contribution is -2.29. The van der Waals surface area contributed by atoms with Crippen molar-refractivity contribution in [2.24, 2.45) is 5.73 Å². The van der Waals surface area contributed by atoms with Crippen LogP contribution in [-0.2, 0) is 32.7 Å². The normalized spacial score (nSPS) is 13.7. The number of phosphoric ester groups is 1. The summed E-state index contributed by atoms with van der Waals surface area (Å²) < 4.78 is 32.5. The molecule has 0 aromatic carbocycles. The third kappa shape index (κ3) is 34.2. The lowest BCUT2D eigenvalue weighted by atomic mass is 10.1. The van der Waals surface area contributed by atoms with Gasteiger partial charge in [-0.05, 0) is 44.9 Å². The summed E-state index contributed by atoms with van der Waals surface area (Å²) in [5.41, 5.74) is 5.32. The molecular formula is C37H70NO8P. The van der Waals surface area contributed by atoms with Crippen molar-refractivity contribution in [1.82, 2.24) is 0 Å². The number of ether oxygens (including phenoxy) is 2. The largest absolute Gasteiger partial charge is 0.472 e. The maximum atomic E-state index is 12.5. The zero-order valence-electron chi connectivity index (χ0n) is 30.0. The highest BCUT2D eigenvalue weighted by Gasteiger charge is 2.25. The number of hydrogen-bond donors (Lipinski definition) is 2. The van der Waals surface area contributed by atoms with Crippen molar-refractivity contribution < 1.29 is 37.6 Å². The standard InChI is InChI=1S/C37H70NO8P/c1-3-5-7-9-11-13-15-16-17-18-20-22-24-26-28-30-37(40)46-35(34-45-47(41,42)44-32-31-38)33-43-36(39)29-27-25-23-21-19-14-12-10-8-6-4-2/h10,12,24,26,35H,3-9,11,13-23,25,27-34,38H2,1-2H3,(H,41,42)/b12-10+,26-24+/t35-/m1/s1. The Morgan fingerprint density at radius 2 is 1.11 bits per heavy atom. The van der Waals surface area contributed by atoms with E-state index in [9.17, 15) is 19.0 Å². The van der Waals surface area contributed by atoms with E-state index in [-0.39, 0.29) is 32.6 Å². The molecule has 1 unspecified atom stereocenters. The second kappa shape index (κ2) is 34.4. The number of phosphoric acid groups is 1. The third-order valence-electron chi connectivity index (χ3n) is 7.82. The van der Waals surface area contributed by atoms with Gasteiger partial charge in [-0.2, -0.15) is 0 Å². The molecule has 0 fully saturated rings. The molecule has 0 aliphatic carbocycles. The van der Waals surface area contributed by atoms with Crippen LogP contribution < -0.4 is 5.73 Å². The number of unbranched alkanes of at least 4 members (excludes halogenated alkanes) is 18. The summed E-state index contributed by atoms with van der Waals surface area (Å²) in [6.07, 6.45) is 33.7. The highest BCUT2D eigenvalue weighted by Crippen LogP contribution is 2.43. The SMILES string of the molecule is CCCC/C=C/CCCCCCCC(=O)OC[C@H](COP(=O)(O)OCCN)OC(=O)CC/C=C/CCCCCCCCCCCCC. The second-order valence-corrected chi connectivity index (χ2v) is 13.9. The van der Waals surface area contributed by atoms with Crippen molar-refractivity contribution in [3.8, 4) is 0 Å². The highest BCUT2D eigenvalue weighted by molar-refractivity contribution is 7.47. The smallest absolute Gasteiger partial charge is 0.462 e. The lowest BCUT2D eigenvalue weighted by molar-refractivity contribution is -0.161. The Kier molecular flexibility index (Phi) is 33.3. The van der Waals surface area contributed by atoms with Gasteiger partial charge in [0, 0.05) is 19.4 Å². The predicted molar refractivity (Wildman–Crippen MR) is 192 cm³/mol. The van der Waals surface area contributed by atoms with Crippen LogP contribution in [0.4, 0.5) is 0 Å². The van der Waals surface area contributed by atoms with E-state index >= 15 is 0 Å². The van der Waals surface area contributed by atoms with Gasteiger partial charge in [0.05, 0.1) is 13.2 Å². The fraction of sp³-hybridized carbons (Fsp3) is 0.838. The lowest BCUT2D eigenvalue weighted by Gasteiger charge is -2.19. The first-order valence-corrected chi connectivity index (χ1v) is 20.3. The molecule has 0 bridgehead atoms. The first kappa shape index (κ1) is 45.5. The maximum Gasteiger partial charge on any atom is 0.472 e. The van der Waals surface area contributed by atoms with Crippen LogP contribution in [0.2, 0.25) is 0 Å². The van der Waals surface area contributed by atoms with Crippen LogP contribution in [0.1, 0.15) is 168 Å². The van der Waals surface area contributed by atoms with Crippen molar-refractivity contribution >= 4 is 19.8 Å². The van der Waals surface area contributed by atoms with Crippen LogP contribution in [0, 0.1) is 0 Å². The molecule has 0 saturated heterocycles. The number of nitrogens with two attached hydrogens (primary N) is 1. The molecule has 10 heteroatoms. The van der Waals surface area contributed by atoms with Crippen LogP contribution in [-0.4, -0.2) is 49.3 Å². The van der Waals surface area contributed by atoms with Crippen LogP contribution in [0.3, 0.4) is 0 Å². The molecule has 2 atom stereocenters. The molecule has 0 amide bonds. The van der Waals surface area contributed by atoms with E-state index in [1.54, 1.807) is 0 Å². The molecule has 0 aliphatic rings. The van der Waals surface area contributed by atoms with E-state index in [0.29, 0.717) is 6.42 Å². The summed E-state index contributed by atoms with van der Waals surface area (Å²) in [5.74, 6) is -0.897. The molecule has 0 heterocycles. The van der Waals surface area contributed by atoms with Crippen LogP contribution in [0.25, 0.3) is 0 Å². The summed E-state index contributed by atoms with van der Waals surface area (Å²) >= 11 is 0. The molecule has 0 aliphatic heterocycles. The minimum absolute atomic E-state index is 0.0484. The molecular weight excluding hydrogens is 617 g/mol. The molecule has 0 spiro atoms. The quantitative estimate of drug-likeness (QED) is 0.0289. The number of carbonyl (C=O) groups excluding carboxylic acids is 2. The van der Waals surface area contributed by atoms with E-state index in [2.05, 4.69) is 32.1 Å². The van der Waals surface area contributed by atoms with Crippen LogP contribution >= 0.6 is 7.82 Å². The highest BCUT2D eigenvalue weighted by atomic mass is 31.2. The number of esters is 2. The molecule has 0 rings (SSSR count). The maximum absolute atomic E-state index is 12.5. The van der Waals surface area contributed by atoms with Gasteiger partial charge in [-0.25, -0.2) is 4.57 Å². The summed E-state index contributed by atoms with van der Waals surface area (Å²) in [7, 11) is -4.38. The molecule has 47 heavy (non-hydrogen) atoms. The number of allylic oxidation sites excluding steroid dienone is 4. The summed E-state index contributed by atoms with van der Waals surface area (Å²) in [6, 6.07) is 0.